The minimum atomic E-state index is -0.675. The molecule has 0 fully saturated rings. The normalized spacial score (nSPS) is 11.9. The molecule has 12 nitrogen and oxygen atoms in total. The fraction of sp³-hybridized carbons (Fsp3) is 0.714. The van der Waals surface area contributed by atoms with E-state index in [4.69, 9.17) is 28.5 Å². The summed E-state index contributed by atoms with van der Waals surface area (Å²) in [7, 11) is 3.21. The molecule has 1 aromatic rings. The first-order valence-corrected chi connectivity index (χ1v) is 10.8. The summed E-state index contributed by atoms with van der Waals surface area (Å²) >= 11 is 0. The number of carbonyl (C=O) groups excluding carboxylic acids is 2. The van der Waals surface area contributed by atoms with Gasteiger partial charge in [0.25, 0.3) is 0 Å². The molecule has 1 rings (SSSR count). The average molecular weight is 477 g/mol. The molecule has 12 heteroatoms. The van der Waals surface area contributed by atoms with E-state index in [9.17, 15) is 19.8 Å². The van der Waals surface area contributed by atoms with Gasteiger partial charge in [0, 0.05) is 52.3 Å². The van der Waals surface area contributed by atoms with Crippen LogP contribution in [0.3, 0.4) is 0 Å². The van der Waals surface area contributed by atoms with E-state index >= 15 is 0 Å². The molecule has 190 valence electrons. The van der Waals surface area contributed by atoms with Crippen molar-refractivity contribution in [3.63, 3.8) is 0 Å². The lowest BCUT2D eigenvalue weighted by Crippen LogP contribution is -2.29. The van der Waals surface area contributed by atoms with Gasteiger partial charge in [0.2, 0.25) is 17.7 Å². The first-order valence-electron chi connectivity index (χ1n) is 10.8. The summed E-state index contributed by atoms with van der Waals surface area (Å²) in [4.78, 5) is 28.4. The van der Waals surface area contributed by atoms with E-state index in [1.165, 1.54) is 12.1 Å². The van der Waals surface area contributed by atoms with Crippen molar-refractivity contribution >= 4 is 11.9 Å². The monoisotopic (exact) mass is 476 g/mol. The average Bonchev–Trinajstić information content (AvgIpc) is 3.10. The third-order valence-corrected chi connectivity index (χ3v) is 4.24. The van der Waals surface area contributed by atoms with Crippen molar-refractivity contribution in [3.05, 3.63) is 12.1 Å². The minimum Gasteiger partial charge on any atom is -0.492 e. The summed E-state index contributed by atoms with van der Waals surface area (Å²) in [5.74, 6) is -1.66. The van der Waals surface area contributed by atoms with Crippen molar-refractivity contribution in [1.29, 1.82) is 0 Å². The number of hydrogen-bond acceptors (Lipinski definition) is 10. The smallest absolute Gasteiger partial charge is 0.333 e. The highest BCUT2D eigenvalue weighted by atomic mass is 16.7. The van der Waals surface area contributed by atoms with Crippen LogP contribution in [0.1, 0.15) is 25.7 Å². The molecule has 1 amide bonds. The van der Waals surface area contributed by atoms with Crippen LogP contribution in [0, 0.1) is 0 Å². The summed E-state index contributed by atoms with van der Waals surface area (Å²) in [6.45, 7) is 3.53. The number of rotatable bonds is 20. The number of aromatic nitrogens is 1. The Balaban J connectivity index is 2.09. The highest BCUT2D eigenvalue weighted by molar-refractivity contribution is 5.77. The van der Waals surface area contributed by atoms with Crippen LogP contribution in [0.15, 0.2) is 12.1 Å². The summed E-state index contributed by atoms with van der Waals surface area (Å²) < 4.78 is 27.3. The van der Waals surface area contributed by atoms with Gasteiger partial charge in [-0.05, 0) is 12.8 Å². The molecule has 0 aliphatic carbocycles. The van der Waals surface area contributed by atoms with Gasteiger partial charge in [-0.15, -0.1) is 4.73 Å². The van der Waals surface area contributed by atoms with Crippen molar-refractivity contribution < 1.29 is 48.3 Å². The molecule has 33 heavy (non-hydrogen) atoms. The van der Waals surface area contributed by atoms with Gasteiger partial charge in [-0.2, -0.15) is 0 Å². The van der Waals surface area contributed by atoms with Crippen molar-refractivity contribution in [2.45, 2.75) is 31.8 Å². The van der Waals surface area contributed by atoms with Crippen LogP contribution in [-0.4, -0.2) is 99.9 Å². The maximum Gasteiger partial charge on any atom is 0.333 e. The Morgan fingerprint density at radius 1 is 0.909 bits per heavy atom. The molecular formula is C21H36N2O10. The fourth-order valence-electron chi connectivity index (χ4n) is 2.54. The van der Waals surface area contributed by atoms with E-state index in [-0.39, 0.29) is 31.3 Å². The van der Waals surface area contributed by atoms with Crippen molar-refractivity contribution in [2.24, 2.45) is 0 Å². The number of aromatic hydroxyl groups is 2. The van der Waals surface area contributed by atoms with Gasteiger partial charge < -0.3 is 44.1 Å². The molecule has 0 spiro atoms. The van der Waals surface area contributed by atoms with E-state index in [0.717, 1.165) is 0 Å². The highest BCUT2D eigenvalue weighted by Crippen LogP contribution is 2.18. The summed E-state index contributed by atoms with van der Waals surface area (Å²) in [5.41, 5.74) is 0. The first-order chi connectivity index (χ1) is 16.0. The van der Waals surface area contributed by atoms with Crippen LogP contribution >= 0.6 is 0 Å². The summed E-state index contributed by atoms with van der Waals surface area (Å²) in [5, 5.41) is 21.6. The molecule has 0 bridgehead atoms. The van der Waals surface area contributed by atoms with Gasteiger partial charge in [-0.3, -0.25) is 4.79 Å². The lowest BCUT2D eigenvalue weighted by atomic mass is 10.2. The number of ether oxygens (including phenoxy) is 5. The predicted molar refractivity (Wildman–Crippen MR) is 116 cm³/mol. The van der Waals surface area contributed by atoms with Crippen LogP contribution in [-0.2, 0) is 33.3 Å². The molecule has 0 saturated heterocycles. The van der Waals surface area contributed by atoms with Crippen LogP contribution in [0.4, 0.5) is 0 Å². The number of hydrogen-bond donors (Lipinski definition) is 3. The lowest BCUT2D eigenvalue weighted by molar-refractivity contribution is -0.145. The van der Waals surface area contributed by atoms with Crippen molar-refractivity contribution in [2.75, 3.05) is 67.0 Å². The second-order valence-electron chi connectivity index (χ2n) is 6.99. The van der Waals surface area contributed by atoms with Crippen molar-refractivity contribution in [3.8, 4) is 11.8 Å². The van der Waals surface area contributed by atoms with E-state index < -0.39 is 17.7 Å². The first kappa shape index (κ1) is 28.7. The maximum atomic E-state index is 11.9. The molecule has 0 aliphatic rings. The zero-order valence-corrected chi connectivity index (χ0v) is 19.3. The number of amides is 1. The molecule has 1 unspecified atom stereocenters. The molecular weight excluding hydrogens is 440 g/mol. The van der Waals surface area contributed by atoms with Crippen molar-refractivity contribution in [1.82, 2.24) is 10.0 Å². The van der Waals surface area contributed by atoms with Gasteiger partial charge in [0.1, 0.15) is 6.10 Å². The Bertz CT molecular complexity index is 648. The maximum absolute atomic E-state index is 11.9. The van der Waals surface area contributed by atoms with Crippen LogP contribution in [0.5, 0.6) is 11.8 Å². The third kappa shape index (κ3) is 13.7. The predicted octanol–water partition coefficient (Wildman–Crippen LogP) is 0.242. The molecule has 1 heterocycles. The van der Waals surface area contributed by atoms with Gasteiger partial charge >= 0.3 is 5.97 Å². The largest absolute Gasteiger partial charge is 0.492 e. The van der Waals surface area contributed by atoms with Gasteiger partial charge in [0.05, 0.1) is 39.6 Å². The molecule has 0 radical (unpaired) electrons. The molecule has 0 aliphatic heterocycles. The Labute approximate surface area is 193 Å². The fourth-order valence-corrected chi connectivity index (χ4v) is 2.54. The lowest BCUT2D eigenvalue weighted by Gasteiger charge is -2.18. The van der Waals surface area contributed by atoms with Gasteiger partial charge in [-0.25, -0.2) is 4.79 Å². The molecule has 3 N–H and O–H groups in total. The second-order valence-corrected chi connectivity index (χ2v) is 6.99. The van der Waals surface area contributed by atoms with E-state index in [2.05, 4.69) is 5.32 Å². The number of nitrogens with zero attached hydrogens (tertiary/aromatic N) is 1. The van der Waals surface area contributed by atoms with E-state index in [0.29, 0.717) is 63.9 Å². The number of nitrogens with one attached hydrogen (secondary N) is 1. The Morgan fingerprint density at radius 2 is 1.55 bits per heavy atom. The van der Waals surface area contributed by atoms with Gasteiger partial charge in [0.15, 0.2) is 0 Å². The Kier molecular flexibility index (Phi) is 15.7. The highest BCUT2D eigenvalue weighted by Gasteiger charge is 2.13. The van der Waals surface area contributed by atoms with E-state index in [1.807, 2.05) is 0 Å². The SMILES string of the molecule is COCCOCC(COCCCNC(=O)CCCC(=O)On1c(O)ccc1O)OCCOC. The topological polar surface area (TPSA) is 147 Å². The molecule has 0 aromatic carbocycles. The molecule has 1 atom stereocenters. The third-order valence-electron chi connectivity index (χ3n) is 4.24. The zero-order chi connectivity index (χ0) is 24.3. The zero-order valence-electron chi connectivity index (χ0n) is 19.3. The Hall–Kier alpha value is -2.38. The van der Waals surface area contributed by atoms with Crippen LogP contribution < -0.4 is 10.2 Å². The number of carbonyl (C=O) groups is 2. The quantitative estimate of drug-likeness (QED) is 0.224. The molecule has 1 aromatic heterocycles. The van der Waals surface area contributed by atoms with Crippen LogP contribution in [0.2, 0.25) is 0 Å². The number of methoxy groups -OCH3 is 2. The van der Waals surface area contributed by atoms with E-state index in [1.54, 1.807) is 14.2 Å². The Morgan fingerprint density at radius 3 is 2.21 bits per heavy atom. The molecule has 0 saturated carbocycles. The summed E-state index contributed by atoms with van der Waals surface area (Å²) in [6.07, 6.45) is 0.781. The van der Waals surface area contributed by atoms with Crippen LogP contribution in [0.25, 0.3) is 0 Å². The summed E-state index contributed by atoms with van der Waals surface area (Å²) in [6, 6.07) is 2.37. The van der Waals surface area contributed by atoms with Gasteiger partial charge in [-0.1, -0.05) is 0 Å². The minimum absolute atomic E-state index is 0.0372. The second kappa shape index (κ2) is 18.1. The standard InChI is InChI=1S/C21H36N2O10/c1-28-11-13-31-16-17(32-14-12-29-2)15-30-10-4-9-22-18(24)5-3-6-21(27)33-23-19(25)7-8-20(23)26/h7-8,17,25-26H,3-6,9-16H2,1-2H3,(H,22,24).